The summed E-state index contributed by atoms with van der Waals surface area (Å²) < 4.78 is 11.3. The second kappa shape index (κ2) is 11.2. The van der Waals surface area contributed by atoms with E-state index in [0.717, 1.165) is 29.3 Å². The maximum atomic E-state index is 13.1. The lowest BCUT2D eigenvalue weighted by Crippen LogP contribution is -2.29. The summed E-state index contributed by atoms with van der Waals surface area (Å²) in [6.45, 7) is 5.86. The lowest BCUT2D eigenvalue weighted by Gasteiger charge is -2.23. The number of aryl methyl sites for hydroxylation is 1. The van der Waals surface area contributed by atoms with Crippen molar-refractivity contribution >= 4 is 29.1 Å². The minimum Gasteiger partial charge on any atom is -0.507 e. The van der Waals surface area contributed by atoms with Crippen LogP contribution in [0.4, 0.5) is 0 Å². The SMILES string of the molecule is CC(C)=CC[C@@H](OC(=O)CCCOc1ccc(Cl)cc1C)C1=CC(=O)c2c(O)ccc(O)c2C1=O. The molecule has 7 nitrogen and oxygen atoms in total. The van der Waals surface area contributed by atoms with Gasteiger partial charge in [-0.15, -0.1) is 0 Å². The van der Waals surface area contributed by atoms with Crippen molar-refractivity contribution in [2.45, 2.75) is 46.1 Å². The van der Waals surface area contributed by atoms with Crippen LogP contribution in [0.1, 0.15) is 59.4 Å². The van der Waals surface area contributed by atoms with Gasteiger partial charge in [-0.1, -0.05) is 23.3 Å². The second-order valence-electron chi connectivity index (χ2n) is 8.50. The van der Waals surface area contributed by atoms with Crippen LogP contribution in [0.15, 0.2) is 53.6 Å². The van der Waals surface area contributed by atoms with Gasteiger partial charge in [0.25, 0.3) is 0 Å². The van der Waals surface area contributed by atoms with E-state index in [2.05, 4.69) is 0 Å². The Kier molecular flexibility index (Phi) is 8.35. The van der Waals surface area contributed by atoms with Gasteiger partial charge in [0.2, 0.25) is 0 Å². The number of rotatable bonds is 9. The van der Waals surface area contributed by atoms with Crippen LogP contribution in [-0.2, 0) is 9.53 Å². The van der Waals surface area contributed by atoms with Crippen molar-refractivity contribution in [3.8, 4) is 17.2 Å². The quantitative estimate of drug-likeness (QED) is 0.203. The highest BCUT2D eigenvalue weighted by Crippen LogP contribution is 2.36. The Labute approximate surface area is 208 Å². The molecule has 2 aromatic rings. The molecule has 0 amide bonds. The van der Waals surface area contributed by atoms with Gasteiger partial charge in [0.1, 0.15) is 23.4 Å². The lowest BCUT2D eigenvalue weighted by molar-refractivity contribution is -0.147. The maximum absolute atomic E-state index is 13.1. The van der Waals surface area contributed by atoms with Crippen molar-refractivity contribution in [1.82, 2.24) is 0 Å². The average molecular weight is 499 g/mol. The van der Waals surface area contributed by atoms with Gasteiger partial charge in [-0.2, -0.15) is 0 Å². The summed E-state index contributed by atoms with van der Waals surface area (Å²) >= 11 is 5.94. The highest BCUT2D eigenvalue weighted by atomic mass is 35.5. The second-order valence-corrected chi connectivity index (χ2v) is 8.94. The molecule has 0 spiro atoms. The molecule has 0 aliphatic heterocycles. The fourth-order valence-electron chi connectivity index (χ4n) is 3.69. The number of allylic oxidation sites excluding steroid dienone is 2. The number of aromatic hydroxyl groups is 2. The van der Waals surface area contributed by atoms with Gasteiger partial charge >= 0.3 is 5.97 Å². The number of carbonyl (C=O) groups is 3. The summed E-state index contributed by atoms with van der Waals surface area (Å²) in [6, 6.07) is 7.55. The zero-order valence-corrected chi connectivity index (χ0v) is 20.5. The number of hydrogen-bond acceptors (Lipinski definition) is 7. The summed E-state index contributed by atoms with van der Waals surface area (Å²) in [5, 5.41) is 20.8. The first-order chi connectivity index (χ1) is 16.6. The van der Waals surface area contributed by atoms with Gasteiger partial charge in [-0.25, -0.2) is 0 Å². The zero-order chi connectivity index (χ0) is 25.7. The van der Waals surface area contributed by atoms with E-state index in [1.807, 2.05) is 20.8 Å². The highest BCUT2D eigenvalue weighted by Gasteiger charge is 2.35. The first-order valence-corrected chi connectivity index (χ1v) is 11.5. The Morgan fingerprint density at radius 3 is 2.43 bits per heavy atom. The fraction of sp³-hybridized carbons (Fsp3) is 0.296. The van der Waals surface area contributed by atoms with Gasteiger partial charge in [0.15, 0.2) is 11.6 Å². The van der Waals surface area contributed by atoms with Crippen LogP contribution in [0.25, 0.3) is 0 Å². The van der Waals surface area contributed by atoms with Gasteiger partial charge in [0.05, 0.1) is 17.7 Å². The molecular weight excluding hydrogens is 472 g/mol. The maximum Gasteiger partial charge on any atom is 0.306 e. The van der Waals surface area contributed by atoms with Crippen LogP contribution in [0, 0.1) is 6.92 Å². The van der Waals surface area contributed by atoms with Crippen molar-refractivity contribution < 1.29 is 34.1 Å². The van der Waals surface area contributed by atoms with E-state index in [0.29, 0.717) is 17.2 Å². The van der Waals surface area contributed by atoms with E-state index in [-0.39, 0.29) is 36.1 Å². The highest BCUT2D eigenvalue weighted by molar-refractivity contribution is 6.30. The molecule has 2 N–H and O–H groups in total. The molecule has 0 unspecified atom stereocenters. The molecule has 0 fully saturated rings. The normalized spacial score (nSPS) is 13.5. The Bertz CT molecular complexity index is 1220. The summed E-state index contributed by atoms with van der Waals surface area (Å²) in [7, 11) is 0. The summed E-state index contributed by atoms with van der Waals surface area (Å²) in [5.74, 6) is -2.03. The van der Waals surface area contributed by atoms with Crippen LogP contribution < -0.4 is 4.74 Å². The molecule has 0 aromatic heterocycles. The van der Waals surface area contributed by atoms with E-state index in [4.69, 9.17) is 21.1 Å². The smallest absolute Gasteiger partial charge is 0.306 e. The monoisotopic (exact) mass is 498 g/mol. The minimum atomic E-state index is -1.02. The number of ketones is 2. The van der Waals surface area contributed by atoms with E-state index in [1.165, 1.54) is 0 Å². The molecule has 8 heteroatoms. The largest absolute Gasteiger partial charge is 0.507 e. The van der Waals surface area contributed by atoms with Crippen molar-refractivity contribution in [1.29, 1.82) is 0 Å². The molecular formula is C27H27ClO7. The number of benzene rings is 2. The number of halogens is 1. The van der Waals surface area contributed by atoms with Crippen molar-refractivity contribution in [2.75, 3.05) is 6.61 Å². The number of hydrogen-bond donors (Lipinski definition) is 2. The number of phenolic OH excluding ortho intramolecular Hbond substituents is 2. The van der Waals surface area contributed by atoms with Gasteiger partial charge in [0, 0.05) is 23.4 Å². The molecule has 0 bridgehead atoms. The van der Waals surface area contributed by atoms with Crippen molar-refractivity contribution in [3.05, 3.63) is 75.3 Å². The van der Waals surface area contributed by atoms with Crippen LogP contribution >= 0.6 is 11.6 Å². The number of phenols is 2. The van der Waals surface area contributed by atoms with Crippen molar-refractivity contribution in [3.63, 3.8) is 0 Å². The Morgan fingerprint density at radius 1 is 1.09 bits per heavy atom. The number of carbonyl (C=O) groups excluding carboxylic acids is 3. The zero-order valence-electron chi connectivity index (χ0n) is 19.8. The topological polar surface area (TPSA) is 110 Å². The standard InChI is InChI=1S/C27H27ClO7/c1-15(2)6-10-23(18-14-21(31)25-19(29)8-9-20(30)26(25)27(18)33)35-24(32)5-4-12-34-22-11-7-17(28)13-16(22)3/h6-9,11,13-14,23,29-30H,4-5,10,12H2,1-3H3/t23-/m1/s1. The Balaban J connectivity index is 1.70. The summed E-state index contributed by atoms with van der Waals surface area (Å²) in [5.41, 5.74) is 1.21. The minimum absolute atomic E-state index is 0.0377. The third-order valence-electron chi connectivity index (χ3n) is 5.46. The van der Waals surface area contributed by atoms with Crippen LogP contribution in [-0.4, -0.2) is 40.5 Å². The molecule has 3 rings (SSSR count). The first kappa shape index (κ1) is 26.0. The molecule has 1 aliphatic carbocycles. The summed E-state index contributed by atoms with van der Waals surface area (Å²) in [4.78, 5) is 38.4. The van der Waals surface area contributed by atoms with Crippen molar-refractivity contribution in [2.24, 2.45) is 0 Å². The third kappa shape index (κ3) is 6.31. The molecule has 0 saturated carbocycles. The van der Waals surface area contributed by atoms with E-state index in [1.54, 1.807) is 24.3 Å². The van der Waals surface area contributed by atoms with Crippen LogP contribution in [0.2, 0.25) is 5.02 Å². The van der Waals surface area contributed by atoms with E-state index >= 15 is 0 Å². The number of ether oxygens (including phenoxy) is 2. The third-order valence-corrected chi connectivity index (χ3v) is 5.70. The predicted octanol–water partition coefficient (Wildman–Crippen LogP) is 5.49. The number of fused-ring (bicyclic) bond motifs is 1. The first-order valence-electron chi connectivity index (χ1n) is 11.2. The number of Topliss-reactive ketones (excluding diaryl/α,β-unsaturated/α-hetero) is 1. The molecule has 1 aliphatic rings. The molecule has 35 heavy (non-hydrogen) atoms. The average Bonchev–Trinajstić information content (AvgIpc) is 2.79. The van der Waals surface area contributed by atoms with Gasteiger partial charge in [-0.3, -0.25) is 14.4 Å². The van der Waals surface area contributed by atoms with Gasteiger partial charge < -0.3 is 19.7 Å². The predicted molar refractivity (Wildman–Crippen MR) is 131 cm³/mol. The molecule has 1 atom stereocenters. The molecule has 184 valence electrons. The van der Waals surface area contributed by atoms with E-state index in [9.17, 15) is 24.6 Å². The molecule has 0 radical (unpaired) electrons. The fourth-order valence-corrected chi connectivity index (χ4v) is 3.92. The molecule has 2 aromatic carbocycles. The molecule has 0 saturated heterocycles. The number of esters is 1. The Morgan fingerprint density at radius 2 is 1.77 bits per heavy atom. The van der Waals surface area contributed by atoms with Crippen LogP contribution in [0.3, 0.4) is 0 Å². The van der Waals surface area contributed by atoms with Crippen LogP contribution in [0.5, 0.6) is 17.2 Å². The van der Waals surface area contributed by atoms with Gasteiger partial charge in [-0.05, 0) is 69.2 Å². The molecule has 0 heterocycles. The lowest BCUT2D eigenvalue weighted by atomic mass is 9.85. The Hall–Kier alpha value is -3.58. The van der Waals surface area contributed by atoms with E-state index < -0.39 is 35.1 Å². The summed E-state index contributed by atoms with van der Waals surface area (Å²) in [6.07, 6.45) is 2.42.